The average molecular weight is 499 g/mol. The normalized spacial score (nSPS) is 18.1. The molecule has 10 heteroatoms. The molecule has 0 aromatic heterocycles. The van der Waals surface area contributed by atoms with Crippen LogP contribution in [0.2, 0.25) is 0 Å². The second kappa shape index (κ2) is 9.49. The van der Waals surface area contributed by atoms with Crippen LogP contribution in [0.25, 0.3) is 0 Å². The van der Waals surface area contributed by atoms with Gasteiger partial charge in [0.1, 0.15) is 5.82 Å². The third-order valence-corrected chi connectivity index (χ3v) is 6.37. The second-order valence-corrected chi connectivity index (χ2v) is 8.32. The molecule has 0 bridgehead atoms. The minimum Gasteiger partial charge on any atom is -0.493 e. The van der Waals surface area contributed by atoms with E-state index in [1.54, 1.807) is 12.1 Å². The highest BCUT2D eigenvalue weighted by Gasteiger charge is 2.41. The Morgan fingerprint density at radius 2 is 1.72 bits per heavy atom. The number of benzene rings is 2. The molecule has 1 atom stereocenters. The van der Waals surface area contributed by atoms with Crippen molar-refractivity contribution >= 4 is 11.5 Å². The number of allylic oxidation sites excluding steroid dienone is 3. The van der Waals surface area contributed by atoms with Gasteiger partial charge in [-0.3, -0.25) is 9.69 Å². The first-order chi connectivity index (χ1) is 17.2. The lowest BCUT2D eigenvalue weighted by Crippen LogP contribution is -2.38. The van der Waals surface area contributed by atoms with Gasteiger partial charge in [0.15, 0.2) is 17.3 Å². The molecule has 1 unspecified atom stereocenters. The molecule has 0 amide bonds. The molecule has 0 saturated heterocycles. The Labute approximate surface area is 206 Å². The Morgan fingerprint density at radius 1 is 1.06 bits per heavy atom. The average Bonchev–Trinajstić information content (AvgIpc) is 2.86. The predicted molar refractivity (Wildman–Crippen MR) is 125 cm³/mol. The number of nitriles is 1. The molecular weight excluding hydrogens is 475 g/mol. The maximum atomic E-state index is 13.4. The number of carbonyl (C=O) groups excluding carboxylic acids is 1. The van der Waals surface area contributed by atoms with Crippen LogP contribution in [0, 0.1) is 11.3 Å². The van der Waals surface area contributed by atoms with E-state index in [0.29, 0.717) is 46.9 Å². The molecule has 2 aromatic rings. The van der Waals surface area contributed by atoms with E-state index in [-0.39, 0.29) is 29.3 Å². The molecule has 0 radical (unpaired) electrons. The lowest BCUT2D eigenvalue weighted by molar-refractivity contribution is -0.137. The summed E-state index contributed by atoms with van der Waals surface area (Å²) in [5.41, 5.74) is 7.08. The van der Waals surface area contributed by atoms with Crippen molar-refractivity contribution in [2.24, 2.45) is 5.73 Å². The van der Waals surface area contributed by atoms with Crippen molar-refractivity contribution < 1.29 is 32.2 Å². The molecule has 0 saturated carbocycles. The third kappa shape index (κ3) is 4.11. The summed E-state index contributed by atoms with van der Waals surface area (Å²) in [6.07, 6.45) is -3.42. The second-order valence-electron chi connectivity index (χ2n) is 8.32. The van der Waals surface area contributed by atoms with Gasteiger partial charge in [0.05, 0.1) is 44.5 Å². The lowest BCUT2D eigenvalue weighted by Gasteiger charge is -2.40. The number of rotatable bonds is 5. The highest BCUT2D eigenvalue weighted by atomic mass is 19.4. The quantitative estimate of drug-likeness (QED) is 0.616. The van der Waals surface area contributed by atoms with Crippen LogP contribution in [-0.2, 0) is 11.0 Å². The number of halogens is 3. The van der Waals surface area contributed by atoms with Crippen LogP contribution in [-0.4, -0.2) is 27.1 Å². The molecule has 36 heavy (non-hydrogen) atoms. The standard InChI is InChI=1S/C26H24F3N3O4/c1-34-20-10-14(11-21(35-2)24(20)36-3)22-17(13-30)25(31)32(18-8-5-9-19(33)23(18)22)16-7-4-6-15(12-16)26(27,28)29/h4,6-7,10-12,22H,5,8-9,31H2,1-3H3. The van der Waals surface area contributed by atoms with Crippen LogP contribution in [0.1, 0.15) is 36.3 Å². The SMILES string of the molecule is COc1cc(C2C(C#N)=C(N)N(c3cccc(C(F)(F)F)c3)C3=C2C(=O)CCC3)cc(OC)c1OC. The van der Waals surface area contributed by atoms with Gasteiger partial charge in [0.25, 0.3) is 0 Å². The number of carbonyl (C=O) groups is 1. The summed E-state index contributed by atoms with van der Waals surface area (Å²) in [6, 6.07) is 10.0. The summed E-state index contributed by atoms with van der Waals surface area (Å²) in [6.45, 7) is 0. The van der Waals surface area contributed by atoms with Crippen LogP contribution < -0.4 is 24.8 Å². The summed E-state index contributed by atoms with van der Waals surface area (Å²) in [5.74, 6) is -0.101. The molecule has 188 valence electrons. The number of nitrogens with zero attached hydrogens (tertiary/aromatic N) is 2. The molecule has 1 heterocycles. The van der Waals surface area contributed by atoms with Gasteiger partial charge in [0.2, 0.25) is 5.75 Å². The first-order valence-corrected chi connectivity index (χ1v) is 11.1. The maximum Gasteiger partial charge on any atom is 0.416 e. The van der Waals surface area contributed by atoms with E-state index in [9.17, 15) is 23.2 Å². The van der Waals surface area contributed by atoms with Gasteiger partial charge in [-0.25, -0.2) is 0 Å². The number of hydrogen-bond acceptors (Lipinski definition) is 7. The molecule has 0 fully saturated rings. The fourth-order valence-corrected chi connectivity index (χ4v) is 4.80. The van der Waals surface area contributed by atoms with Gasteiger partial charge in [-0.1, -0.05) is 6.07 Å². The highest BCUT2D eigenvalue weighted by molar-refractivity contribution is 6.01. The van der Waals surface area contributed by atoms with Crippen LogP contribution in [0.3, 0.4) is 0 Å². The first kappa shape index (κ1) is 25.0. The Hall–Kier alpha value is -4.13. The van der Waals surface area contributed by atoms with Crippen molar-refractivity contribution in [3.05, 3.63) is 70.2 Å². The molecule has 4 rings (SSSR count). The molecule has 2 aromatic carbocycles. The van der Waals surface area contributed by atoms with Gasteiger partial charge in [-0.2, -0.15) is 18.4 Å². The number of Topliss-reactive ketones (excluding diaryl/α,β-unsaturated/α-hetero) is 1. The molecule has 2 N–H and O–H groups in total. The Kier molecular flexibility index (Phi) is 6.59. The number of anilines is 1. The number of alkyl halides is 3. The van der Waals surface area contributed by atoms with E-state index >= 15 is 0 Å². The van der Waals surface area contributed by atoms with E-state index < -0.39 is 17.7 Å². The molecular formula is C26H24F3N3O4. The summed E-state index contributed by atoms with van der Waals surface area (Å²) in [5, 5.41) is 10.2. The van der Waals surface area contributed by atoms with Gasteiger partial charge >= 0.3 is 6.18 Å². The van der Waals surface area contributed by atoms with E-state index in [1.165, 1.54) is 38.4 Å². The zero-order chi connectivity index (χ0) is 26.2. The van der Waals surface area contributed by atoms with Crippen molar-refractivity contribution in [1.29, 1.82) is 5.26 Å². The van der Waals surface area contributed by atoms with E-state index in [4.69, 9.17) is 19.9 Å². The fraction of sp³-hybridized carbons (Fsp3) is 0.308. The smallest absolute Gasteiger partial charge is 0.416 e. The highest BCUT2D eigenvalue weighted by Crippen LogP contribution is 2.49. The van der Waals surface area contributed by atoms with Crippen LogP contribution in [0.4, 0.5) is 18.9 Å². The molecule has 1 aliphatic carbocycles. The summed E-state index contributed by atoms with van der Waals surface area (Å²) in [7, 11) is 4.35. The first-order valence-electron chi connectivity index (χ1n) is 11.1. The minimum atomic E-state index is -4.57. The Morgan fingerprint density at radius 3 is 2.28 bits per heavy atom. The Balaban J connectivity index is 1.98. The van der Waals surface area contributed by atoms with E-state index in [1.807, 2.05) is 0 Å². The molecule has 1 aliphatic heterocycles. The summed E-state index contributed by atoms with van der Waals surface area (Å²) >= 11 is 0. The Bertz CT molecular complexity index is 1300. The van der Waals surface area contributed by atoms with Gasteiger partial charge in [0, 0.05) is 23.4 Å². The zero-order valence-electron chi connectivity index (χ0n) is 19.9. The van der Waals surface area contributed by atoms with Gasteiger partial charge < -0.3 is 19.9 Å². The number of ether oxygens (including phenoxy) is 3. The number of methoxy groups -OCH3 is 3. The van der Waals surface area contributed by atoms with Crippen LogP contribution >= 0.6 is 0 Å². The van der Waals surface area contributed by atoms with Crippen LogP contribution in [0.15, 0.2) is 59.1 Å². The van der Waals surface area contributed by atoms with Gasteiger partial charge in [-0.05, 0) is 48.7 Å². The van der Waals surface area contributed by atoms with Crippen molar-refractivity contribution in [2.45, 2.75) is 31.4 Å². The van der Waals surface area contributed by atoms with Crippen LogP contribution in [0.5, 0.6) is 17.2 Å². The van der Waals surface area contributed by atoms with Crippen molar-refractivity contribution in [2.75, 3.05) is 26.2 Å². The van der Waals surface area contributed by atoms with E-state index in [0.717, 1.165) is 12.1 Å². The van der Waals surface area contributed by atoms with Crippen molar-refractivity contribution in [3.63, 3.8) is 0 Å². The summed E-state index contributed by atoms with van der Waals surface area (Å²) < 4.78 is 56.6. The minimum absolute atomic E-state index is 0.0377. The maximum absolute atomic E-state index is 13.4. The third-order valence-electron chi connectivity index (χ3n) is 6.37. The fourth-order valence-electron chi connectivity index (χ4n) is 4.80. The van der Waals surface area contributed by atoms with Gasteiger partial charge in [-0.15, -0.1) is 0 Å². The predicted octanol–water partition coefficient (Wildman–Crippen LogP) is 5.04. The largest absolute Gasteiger partial charge is 0.493 e. The number of ketones is 1. The molecule has 0 spiro atoms. The molecule has 2 aliphatic rings. The lowest BCUT2D eigenvalue weighted by atomic mass is 9.75. The zero-order valence-corrected chi connectivity index (χ0v) is 19.9. The van der Waals surface area contributed by atoms with E-state index in [2.05, 4.69) is 6.07 Å². The summed E-state index contributed by atoms with van der Waals surface area (Å²) in [4.78, 5) is 14.7. The topological polar surface area (TPSA) is 97.8 Å². The number of hydrogen-bond donors (Lipinski definition) is 1. The monoisotopic (exact) mass is 499 g/mol. The molecule has 7 nitrogen and oxygen atoms in total. The number of nitrogens with two attached hydrogens (primary N) is 1. The van der Waals surface area contributed by atoms with Crippen molar-refractivity contribution in [1.82, 2.24) is 0 Å². The van der Waals surface area contributed by atoms with Crippen molar-refractivity contribution in [3.8, 4) is 23.3 Å².